The molecule has 0 fully saturated rings. The lowest BCUT2D eigenvalue weighted by atomic mass is 10.4. The Morgan fingerprint density at radius 3 is 2.60 bits per heavy atom. The number of halogens is 3. The number of aromatic nitrogens is 1. The molecule has 0 unspecified atom stereocenters. The van der Waals surface area contributed by atoms with E-state index in [0.29, 0.717) is 0 Å². The molecule has 0 aromatic carbocycles. The number of hydrogen-bond donors (Lipinski definition) is 1. The van der Waals surface area contributed by atoms with Gasteiger partial charge in [-0.25, -0.2) is 9.78 Å². The van der Waals surface area contributed by atoms with Crippen molar-refractivity contribution in [1.82, 2.24) is 4.98 Å². The van der Waals surface area contributed by atoms with E-state index >= 15 is 0 Å². The lowest BCUT2D eigenvalue weighted by molar-refractivity contribution is -0.137. The van der Waals surface area contributed by atoms with Crippen LogP contribution in [0, 0.1) is 0 Å². The topological polar surface area (TPSA) is 59.4 Å². The second-order valence-corrected chi connectivity index (χ2v) is 3.53. The Labute approximate surface area is 86.3 Å². The largest absolute Gasteiger partial charge is 0.477 e. The van der Waals surface area contributed by atoms with Crippen LogP contribution in [-0.4, -0.2) is 23.2 Å². The molecular formula is C7H6F3NO3S. The van der Waals surface area contributed by atoms with Crippen LogP contribution in [-0.2, 0) is 17.5 Å². The molecule has 1 aromatic rings. The number of carboxylic acids is 1. The smallest absolute Gasteiger partial charge is 0.443 e. The molecule has 1 heterocycles. The molecule has 0 aliphatic carbocycles. The Kier molecular flexibility index (Phi) is 3.30. The number of aromatic carboxylic acids is 1. The van der Waals surface area contributed by atoms with Crippen molar-refractivity contribution in [2.75, 3.05) is 7.11 Å². The van der Waals surface area contributed by atoms with Gasteiger partial charge in [0, 0.05) is 7.11 Å². The molecule has 0 radical (unpaired) electrons. The molecule has 1 aromatic heterocycles. The summed E-state index contributed by atoms with van der Waals surface area (Å²) in [6.07, 6.45) is -4.62. The van der Waals surface area contributed by atoms with Crippen molar-refractivity contribution in [3.63, 3.8) is 0 Å². The first-order valence-electron chi connectivity index (χ1n) is 3.65. The highest BCUT2D eigenvalue weighted by Crippen LogP contribution is 2.34. The van der Waals surface area contributed by atoms with Gasteiger partial charge in [-0.2, -0.15) is 13.2 Å². The van der Waals surface area contributed by atoms with E-state index in [2.05, 4.69) is 9.72 Å². The van der Waals surface area contributed by atoms with Gasteiger partial charge in [-0.3, -0.25) is 0 Å². The minimum absolute atomic E-state index is 0.0988. The third-order valence-electron chi connectivity index (χ3n) is 1.42. The van der Waals surface area contributed by atoms with Crippen molar-refractivity contribution in [2.24, 2.45) is 0 Å². The third-order valence-corrected chi connectivity index (χ3v) is 2.55. The van der Waals surface area contributed by atoms with Gasteiger partial charge in [-0.15, -0.1) is 11.3 Å². The van der Waals surface area contributed by atoms with Crippen molar-refractivity contribution < 1.29 is 27.8 Å². The van der Waals surface area contributed by atoms with Crippen molar-refractivity contribution in [1.29, 1.82) is 0 Å². The van der Waals surface area contributed by atoms with E-state index in [1.165, 1.54) is 7.11 Å². The first-order chi connectivity index (χ1) is 6.86. The number of carbonyl (C=O) groups is 1. The van der Waals surface area contributed by atoms with Crippen LogP contribution in [0.5, 0.6) is 0 Å². The molecule has 0 aliphatic heterocycles. The number of nitrogens with zero attached hydrogens (tertiary/aromatic N) is 1. The van der Waals surface area contributed by atoms with E-state index in [9.17, 15) is 18.0 Å². The summed E-state index contributed by atoms with van der Waals surface area (Å²) in [4.78, 5) is 13.3. The fourth-order valence-electron chi connectivity index (χ4n) is 0.875. The molecule has 1 N–H and O–H groups in total. The van der Waals surface area contributed by atoms with Crippen LogP contribution in [0.25, 0.3) is 0 Å². The van der Waals surface area contributed by atoms with Gasteiger partial charge in [-0.1, -0.05) is 0 Å². The van der Waals surface area contributed by atoms with E-state index in [-0.39, 0.29) is 23.6 Å². The van der Waals surface area contributed by atoms with Crippen molar-refractivity contribution in [2.45, 2.75) is 12.8 Å². The molecule has 0 atom stereocenters. The average molecular weight is 241 g/mol. The van der Waals surface area contributed by atoms with Crippen LogP contribution in [0.15, 0.2) is 0 Å². The fourth-order valence-corrected chi connectivity index (χ4v) is 1.65. The minimum atomic E-state index is -4.62. The summed E-state index contributed by atoms with van der Waals surface area (Å²) in [7, 11) is 1.25. The zero-order valence-electron chi connectivity index (χ0n) is 7.46. The highest BCUT2D eigenvalue weighted by Gasteiger charge is 2.37. The Bertz CT molecular complexity index is 374. The monoisotopic (exact) mass is 241 g/mol. The maximum Gasteiger partial charge on any atom is 0.443 e. The zero-order valence-corrected chi connectivity index (χ0v) is 8.28. The van der Waals surface area contributed by atoms with Gasteiger partial charge in [-0.05, 0) is 0 Å². The number of thiazole rings is 1. The Morgan fingerprint density at radius 1 is 1.60 bits per heavy atom. The van der Waals surface area contributed by atoms with Crippen LogP contribution in [0.3, 0.4) is 0 Å². The summed E-state index contributed by atoms with van der Waals surface area (Å²) in [5.41, 5.74) is -0.206. The van der Waals surface area contributed by atoms with Crippen molar-refractivity contribution >= 4 is 17.3 Å². The summed E-state index contributed by atoms with van der Waals surface area (Å²) < 4.78 is 41.2. The SMILES string of the molecule is COCc1nc(C(F)(F)F)sc1C(=O)O. The highest BCUT2D eigenvalue weighted by atomic mass is 32.1. The number of methoxy groups -OCH3 is 1. The maximum atomic E-state index is 12.2. The van der Waals surface area contributed by atoms with Gasteiger partial charge in [0.25, 0.3) is 0 Å². The fraction of sp³-hybridized carbons (Fsp3) is 0.429. The summed E-state index contributed by atoms with van der Waals surface area (Å²) in [5.74, 6) is -1.44. The number of hydrogen-bond acceptors (Lipinski definition) is 4. The van der Waals surface area contributed by atoms with E-state index in [4.69, 9.17) is 5.11 Å². The molecular weight excluding hydrogens is 235 g/mol. The van der Waals surface area contributed by atoms with Gasteiger partial charge >= 0.3 is 12.1 Å². The molecule has 0 saturated carbocycles. The summed E-state index contributed by atoms with van der Waals surface area (Å²) in [6, 6.07) is 0. The first kappa shape index (κ1) is 11.9. The number of ether oxygens (including phenoxy) is 1. The normalized spacial score (nSPS) is 11.7. The first-order valence-corrected chi connectivity index (χ1v) is 4.47. The molecule has 0 saturated heterocycles. The van der Waals surface area contributed by atoms with Crippen LogP contribution < -0.4 is 0 Å². The predicted molar refractivity (Wildman–Crippen MR) is 44.8 cm³/mol. The second-order valence-electron chi connectivity index (χ2n) is 2.53. The quantitative estimate of drug-likeness (QED) is 0.879. The molecule has 0 bridgehead atoms. The number of rotatable bonds is 3. The number of alkyl halides is 3. The maximum absolute atomic E-state index is 12.2. The molecule has 15 heavy (non-hydrogen) atoms. The Balaban J connectivity index is 3.15. The predicted octanol–water partition coefficient (Wildman–Crippen LogP) is 2.01. The molecule has 1 rings (SSSR count). The average Bonchev–Trinajstić information content (AvgIpc) is 2.48. The summed E-state index contributed by atoms with van der Waals surface area (Å²) in [5, 5.41) is 7.44. The Hall–Kier alpha value is -1.15. The lowest BCUT2D eigenvalue weighted by Gasteiger charge is -1.98. The standard InChI is InChI=1S/C7H6F3NO3S/c1-14-2-3-4(5(12)13)15-6(11-3)7(8,9)10/h2H2,1H3,(H,12,13). The minimum Gasteiger partial charge on any atom is -0.477 e. The number of carboxylic acid groups (broad SMARTS) is 1. The van der Waals surface area contributed by atoms with E-state index in [1.807, 2.05) is 0 Å². The molecule has 8 heteroatoms. The van der Waals surface area contributed by atoms with Gasteiger partial charge < -0.3 is 9.84 Å². The molecule has 0 amide bonds. The third kappa shape index (κ3) is 2.66. The molecule has 0 aliphatic rings. The van der Waals surface area contributed by atoms with E-state index in [1.54, 1.807) is 0 Å². The van der Waals surface area contributed by atoms with Crippen LogP contribution >= 0.6 is 11.3 Å². The summed E-state index contributed by atoms with van der Waals surface area (Å²) >= 11 is 0.0988. The van der Waals surface area contributed by atoms with Gasteiger partial charge in [0.15, 0.2) is 5.01 Å². The second kappa shape index (κ2) is 4.15. The highest BCUT2D eigenvalue weighted by molar-refractivity contribution is 7.13. The van der Waals surface area contributed by atoms with Crippen LogP contribution in [0.4, 0.5) is 13.2 Å². The lowest BCUT2D eigenvalue weighted by Crippen LogP contribution is -2.04. The van der Waals surface area contributed by atoms with Crippen molar-refractivity contribution in [3.8, 4) is 0 Å². The van der Waals surface area contributed by atoms with Gasteiger partial charge in [0.1, 0.15) is 4.88 Å². The zero-order chi connectivity index (χ0) is 11.6. The van der Waals surface area contributed by atoms with E-state index < -0.39 is 22.0 Å². The molecule has 84 valence electrons. The summed E-state index contributed by atoms with van der Waals surface area (Å²) in [6.45, 7) is -0.256. The van der Waals surface area contributed by atoms with Crippen LogP contribution in [0.1, 0.15) is 20.4 Å². The van der Waals surface area contributed by atoms with E-state index in [0.717, 1.165) is 0 Å². The van der Waals surface area contributed by atoms with Gasteiger partial charge in [0.05, 0.1) is 12.3 Å². The molecule has 4 nitrogen and oxygen atoms in total. The van der Waals surface area contributed by atoms with Crippen molar-refractivity contribution in [3.05, 3.63) is 15.6 Å². The molecule has 0 spiro atoms. The van der Waals surface area contributed by atoms with Gasteiger partial charge in [0.2, 0.25) is 0 Å². The van der Waals surface area contributed by atoms with Crippen LogP contribution in [0.2, 0.25) is 0 Å². The Morgan fingerprint density at radius 2 is 2.20 bits per heavy atom.